The van der Waals surface area contributed by atoms with Gasteiger partial charge in [-0.05, 0) is 12.8 Å². The van der Waals surface area contributed by atoms with E-state index in [0.717, 1.165) is 12.8 Å². The standard InChI is InChI=1S/C7H11NO2/c1-5-2-3-6(8-10)4-7(5)9/h5,10H,2-4H2,1H3/b8-6+. The molecule has 0 aromatic rings. The lowest BCUT2D eigenvalue weighted by Crippen LogP contribution is -2.22. The molecule has 1 aliphatic carbocycles. The van der Waals surface area contributed by atoms with E-state index in [1.807, 2.05) is 6.92 Å². The van der Waals surface area contributed by atoms with Crippen molar-refractivity contribution in [2.24, 2.45) is 11.1 Å². The quantitative estimate of drug-likeness (QED) is 0.407. The van der Waals surface area contributed by atoms with Gasteiger partial charge in [-0.15, -0.1) is 0 Å². The third-order valence-electron chi connectivity index (χ3n) is 1.94. The fourth-order valence-corrected chi connectivity index (χ4v) is 1.09. The molecule has 0 radical (unpaired) electrons. The van der Waals surface area contributed by atoms with Gasteiger partial charge in [0.25, 0.3) is 0 Å². The molecule has 3 heteroatoms. The Hall–Kier alpha value is -0.860. The van der Waals surface area contributed by atoms with E-state index in [-0.39, 0.29) is 11.7 Å². The smallest absolute Gasteiger partial charge is 0.141 e. The van der Waals surface area contributed by atoms with Gasteiger partial charge in [0, 0.05) is 12.3 Å². The molecule has 10 heavy (non-hydrogen) atoms. The van der Waals surface area contributed by atoms with Crippen molar-refractivity contribution in [3.05, 3.63) is 0 Å². The van der Waals surface area contributed by atoms with Gasteiger partial charge in [0.05, 0.1) is 5.71 Å². The number of ketones is 1. The minimum absolute atomic E-state index is 0.158. The van der Waals surface area contributed by atoms with Gasteiger partial charge >= 0.3 is 0 Å². The van der Waals surface area contributed by atoms with Crippen LogP contribution < -0.4 is 0 Å². The molecule has 0 spiro atoms. The Morgan fingerprint density at radius 3 is 2.90 bits per heavy atom. The zero-order valence-electron chi connectivity index (χ0n) is 6.00. The summed E-state index contributed by atoms with van der Waals surface area (Å²) in [6.07, 6.45) is 1.94. The summed E-state index contributed by atoms with van der Waals surface area (Å²) in [6, 6.07) is 0. The van der Waals surface area contributed by atoms with E-state index >= 15 is 0 Å². The van der Waals surface area contributed by atoms with Crippen LogP contribution in [0.25, 0.3) is 0 Å². The van der Waals surface area contributed by atoms with E-state index < -0.39 is 0 Å². The number of carbonyl (C=O) groups is 1. The van der Waals surface area contributed by atoms with Crippen molar-refractivity contribution in [1.82, 2.24) is 0 Å². The second-order valence-corrected chi connectivity index (χ2v) is 2.75. The Morgan fingerprint density at radius 1 is 1.70 bits per heavy atom. The van der Waals surface area contributed by atoms with E-state index in [2.05, 4.69) is 5.16 Å². The highest BCUT2D eigenvalue weighted by molar-refractivity contribution is 6.04. The summed E-state index contributed by atoms with van der Waals surface area (Å²) in [5, 5.41) is 11.4. The summed E-state index contributed by atoms with van der Waals surface area (Å²) in [4.78, 5) is 11.0. The highest BCUT2D eigenvalue weighted by Gasteiger charge is 2.21. The van der Waals surface area contributed by atoms with Crippen LogP contribution in [0.5, 0.6) is 0 Å². The second-order valence-electron chi connectivity index (χ2n) is 2.75. The van der Waals surface area contributed by atoms with Gasteiger partial charge < -0.3 is 5.21 Å². The predicted octanol–water partition coefficient (Wildman–Crippen LogP) is 1.21. The number of hydrogen-bond acceptors (Lipinski definition) is 3. The molecule has 0 amide bonds. The van der Waals surface area contributed by atoms with Gasteiger partial charge in [-0.3, -0.25) is 4.79 Å². The average molecular weight is 141 g/mol. The molecular weight excluding hydrogens is 130 g/mol. The van der Waals surface area contributed by atoms with E-state index in [0.29, 0.717) is 12.1 Å². The molecule has 1 saturated carbocycles. The molecule has 0 saturated heterocycles. The topological polar surface area (TPSA) is 49.7 Å². The monoisotopic (exact) mass is 141 g/mol. The van der Waals surface area contributed by atoms with Gasteiger partial charge in [-0.2, -0.15) is 0 Å². The number of Topliss-reactive ketones (excluding diaryl/α,β-unsaturated/α-hetero) is 1. The number of carbonyl (C=O) groups excluding carboxylic acids is 1. The average Bonchev–Trinajstić information content (AvgIpc) is 1.95. The molecule has 1 aliphatic rings. The van der Waals surface area contributed by atoms with Crippen LogP contribution in [0.2, 0.25) is 0 Å². The highest BCUT2D eigenvalue weighted by atomic mass is 16.4. The summed E-state index contributed by atoms with van der Waals surface area (Å²) in [5.41, 5.74) is 0.628. The lowest BCUT2D eigenvalue weighted by molar-refractivity contribution is -0.121. The van der Waals surface area contributed by atoms with Gasteiger partial charge in [0.15, 0.2) is 0 Å². The largest absolute Gasteiger partial charge is 0.411 e. The normalized spacial score (nSPS) is 31.1. The minimum Gasteiger partial charge on any atom is -0.411 e. The molecule has 1 N–H and O–H groups in total. The molecule has 0 bridgehead atoms. The predicted molar refractivity (Wildman–Crippen MR) is 37.2 cm³/mol. The Kier molecular flexibility index (Phi) is 2.04. The van der Waals surface area contributed by atoms with E-state index in [9.17, 15) is 4.79 Å². The van der Waals surface area contributed by atoms with Crippen molar-refractivity contribution < 1.29 is 10.0 Å². The lowest BCUT2D eigenvalue weighted by atomic mass is 9.88. The van der Waals surface area contributed by atoms with Crippen LogP contribution in [-0.4, -0.2) is 16.7 Å². The van der Waals surface area contributed by atoms with Gasteiger partial charge in [-0.25, -0.2) is 0 Å². The molecule has 1 atom stereocenters. The summed E-state index contributed by atoms with van der Waals surface area (Å²) >= 11 is 0. The fraction of sp³-hybridized carbons (Fsp3) is 0.714. The van der Waals surface area contributed by atoms with Crippen LogP contribution in [0.3, 0.4) is 0 Å². The second kappa shape index (κ2) is 2.82. The maximum Gasteiger partial charge on any atom is 0.141 e. The summed E-state index contributed by atoms with van der Waals surface area (Å²) < 4.78 is 0. The Labute approximate surface area is 59.7 Å². The number of rotatable bonds is 0. The molecule has 0 heterocycles. The first kappa shape index (κ1) is 7.25. The van der Waals surface area contributed by atoms with Crippen molar-refractivity contribution in [3.8, 4) is 0 Å². The Bertz CT molecular complexity index is 174. The third-order valence-corrected chi connectivity index (χ3v) is 1.94. The van der Waals surface area contributed by atoms with Crippen LogP contribution in [0.4, 0.5) is 0 Å². The van der Waals surface area contributed by atoms with Gasteiger partial charge in [-0.1, -0.05) is 12.1 Å². The summed E-state index contributed by atoms with van der Waals surface area (Å²) in [6.45, 7) is 1.91. The Balaban J connectivity index is 2.57. The lowest BCUT2D eigenvalue weighted by Gasteiger charge is -2.16. The first-order valence-electron chi connectivity index (χ1n) is 3.46. The van der Waals surface area contributed by atoms with Crippen molar-refractivity contribution in [2.75, 3.05) is 0 Å². The minimum atomic E-state index is 0.158. The van der Waals surface area contributed by atoms with Crippen molar-refractivity contribution >= 4 is 11.5 Å². The van der Waals surface area contributed by atoms with Crippen LogP contribution in [-0.2, 0) is 4.79 Å². The number of oxime groups is 1. The van der Waals surface area contributed by atoms with Crippen molar-refractivity contribution in [2.45, 2.75) is 26.2 Å². The SMILES string of the molecule is CC1CC/C(=N\O)CC1=O. The van der Waals surface area contributed by atoms with Crippen molar-refractivity contribution in [3.63, 3.8) is 0 Å². The molecular formula is C7H11NO2. The molecule has 0 aromatic carbocycles. The molecule has 3 nitrogen and oxygen atoms in total. The molecule has 1 rings (SSSR count). The maximum absolute atomic E-state index is 11.0. The number of nitrogens with zero attached hydrogens (tertiary/aromatic N) is 1. The summed E-state index contributed by atoms with van der Waals surface area (Å²) in [5.74, 6) is 0.351. The molecule has 56 valence electrons. The number of hydrogen-bond donors (Lipinski definition) is 1. The molecule has 1 unspecified atom stereocenters. The fourth-order valence-electron chi connectivity index (χ4n) is 1.09. The van der Waals surface area contributed by atoms with E-state index in [1.165, 1.54) is 0 Å². The zero-order chi connectivity index (χ0) is 7.56. The molecule has 0 aromatic heterocycles. The van der Waals surface area contributed by atoms with Gasteiger partial charge in [0.2, 0.25) is 0 Å². The van der Waals surface area contributed by atoms with Crippen LogP contribution in [0, 0.1) is 5.92 Å². The molecule has 0 aliphatic heterocycles. The van der Waals surface area contributed by atoms with E-state index in [1.54, 1.807) is 0 Å². The first-order chi connectivity index (χ1) is 4.74. The first-order valence-corrected chi connectivity index (χ1v) is 3.46. The van der Waals surface area contributed by atoms with Crippen LogP contribution in [0.1, 0.15) is 26.2 Å². The highest BCUT2D eigenvalue weighted by Crippen LogP contribution is 2.17. The third kappa shape index (κ3) is 1.35. The maximum atomic E-state index is 11.0. The van der Waals surface area contributed by atoms with Gasteiger partial charge in [0.1, 0.15) is 5.78 Å². The zero-order valence-corrected chi connectivity index (χ0v) is 6.00. The van der Waals surface area contributed by atoms with Crippen molar-refractivity contribution in [1.29, 1.82) is 0 Å². The Morgan fingerprint density at radius 2 is 2.40 bits per heavy atom. The molecule has 1 fully saturated rings. The van der Waals surface area contributed by atoms with E-state index in [4.69, 9.17) is 5.21 Å². The van der Waals surface area contributed by atoms with Crippen LogP contribution in [0.15, 0.2) is 5.16 Å². The van der Waals surface area contributed by atoms with Crippen LogP contribution >= 0.6 is 0 Å². The summed E-state index contributed by atoms with van der Waals surface area (Å²) in [7, 11) is 0.